The van der Waals surface area contributed by atoms with Crippen LogP contribution in [0.1, 0.15) is 0 Å². The van der Waals surface area contributed by atoms with E-state index in [-0.39, 0.29) is 16.8 Å². The van der Waals surface area contributed by atoms with E-state index in [9.17, 15) is 0 Å². The summed E-state index contributed by atoms with van der Waals surface area (Å²) in [5.41, 5.74) is 0. The Kier molecular flexibility index (Phi) is 3.54. The normalized spacial score (nSPS) is 6.86. The zero-order valence-electron chi connectivity index (χ0n) is 3.54. The van der Waals surface area contributed by atoms with Crippen molar-refractivity contribution in [3.05, 3.63) is 24.8 Å². The SMILES string of the molecule is [Co].c1cnccn1. The van der Waals surface area contributed by atoms with Crippen molar-refractivity contribution in [2.24, 2.45) is 0 Å². The summed E-state index contributed by atoms with van der Waals surface area (Å²) in [4.78, 5) is 7.44. The van der Waals surface area contributed by atoms with E-state index in [2.05, 4.69) is 9.97 Å². The Morgan fingerprint density at radius 1 is 0.714 bits per heavy atom. The number of nitrogens with zero attached hydrogens (tertiary/aromatic N) is 2. The van der Waals surface area contributed by atoms with Crippen LogP contribution in [0, 0.1) is 0 Å². The van der Waals surface area contributed by atoms with Gasteiger partial charge in [-0.25, -0.2) is 0 Å². The van der Waals surface area contributed by atoms with Crippen molar-refractivity contribution < 1.29 is 16.8 Å². The van der Waals surface area contributed by atoms with Gasteiger partial charge in [0.25, 0.3) is 0 Å². The largest absolute Gasteiger partial charge is 0.262 e. The van der Waals surface area contributed by atoms with Gasteiger partial charge in [0.05, 0.1) is 0 Å². The summed E-state index contributed by atoms with van der Waals surface area (Å²) in [7, 11) is 0. The van der Waals surface area contributed by atoms with Gasteiger partial charge in [-0.1, -0.05) is 0 Å². The first-order chi connectivity index (χ1) is 3.00. The molecule has 2 nitrogen and oxygen atoms in total. The minimum atomic E-state index is 0. The van der Waals surface area contributed by atoms with Gasteiger partial charge in [0.1, 0.15) is 0 Å². The summed E-state index contributed by atoms with van der Waals surface area (Å²) < 4.78 is 0. The van der Waals surface area contributed by atoms with Crippen LogP contribution in [0.3, 0.4) is 0 Å². The summed E-state index contributed by atoms with van der Waals surface area (Å²) in [5.74, 6) is 0. The Bertz CT molecular complexity index is 81.6. The molecule has 0 N–H and O–H groups in total. The Labute approximate surface area is 52.2 Å². The molecule has 0 saturated carbocycles. The maximum absolute atomic E-state index is 3.72. The molecule has 0 aliphatic heterocycles. The number of hydrogen-bond acceptors (Lipinski definition) is 2. The second kappa shape index (κ2) is 3.77. The first-order valence-corrected chi connectivity index (χ1v) is 1.70. The van der Waals surface area contributed by atoms with E-state index in [1.807, 2.05) is 0 Å². The predicted octanol–water partition coefficient (Wildman–Crippen LogP) is 0.474. The zero-order valence-corrected chi connectivity index (χ0v) is 4.58. The maximum Gasteiger partial charge on any atom is 0.0451 e. The smallest absolute Gasteiger partial charge is 0.0451 e. The predicted molar refractivity (Wildman–Crippen MR) is 22.0 cm³/mol. The Morgan fingerprint density at radius 2 is 1.00 bits per heavy atom. The molecule has 39 valence electrons. The molecule has 1 rings (SSSR count). The molecule has 0 bridgehead atoms. The molecule has 1 aromatic heterocycles. The first kappa shape index (κ1) is 6.59. The summed E-state index contributed by atoms with van der Waals surface area (Å²) in [6.07, 6.45) is 6.56. The standard InChI is InChI=1S/C4H4N2.Co/c1-2-6-4-3-5-1;/h1-4H;. The van der Waals surface area contributed by atoms with Crippen LogP contribution in [0.5, 0.6) is 0 Å². The zero-order chi connectivity index (χ0) is 4.24. The van der Waals surface area contributed by atoms with Crippen molar-refractivity contribution in [3.8, 4) is 0 Å². The summed E-state index contributed by atoms with van der Waals surface area (Å²) in [5, 5.41) is 0. The van der Waals surface area contributed by atoms with Gasteiger partial charge >= 0.3 is 0 Å². The molecular weight excluding hydrogens is 135 g/mol. The molecule has 1 aromatic rings. The van der Waals surface area contributed by atoms with Crippen molar-refractivity contribution in [2.75, 3.05) is 0 Å². The van der Waals surface area contributed by atoms with E-state index in [0.29, 0.717) is 0 Å². The van der Waals surface area contributed by atoms with Crippen molar-refractivity contribution in [1.82, 2.24) is 9.97 Å². The van der Waals surface area contributed by atoms with E-state index >= 15 is 0 Å². The van der Waals surface area contributed by atoms with Crippen LogP contribution in [-0.2, 0) is 16.8 Å². The molecule has 1 heterocycles. The van der Waals surface area contributed by atoms with Crippen LogP contribution in [0.2, 0.25) is 0 Å². The van der Waals surface area contributed by atoms with Crippen LogP contribution in [0.25, 0.3) is 0 Å². The minimum Gasteiger partial charge on any atom is -0.262 e. The third-order valence-electron chi connectivity index (χ3n) is 0.478. The molecule has 0 unspecified atom stereocenters. The molecule has 0 spiro atoms. The third-order valence-corrected chi connectivity index (χ3v) is 0.478. The molecule has 0 fully saturated rings. The first-order valence-electron chi connectivity index (χ1n) is 1.70. The molecule has 0 aliphatic carbocycles. The van der Waals surface area contributed by atoms with Crippen molar-refractivity contribution in [2.45, 2.75) is 0 Å². The fourth-order valence-electron chi connectivity index (χ4n) is 0.253. The van der Waals surface area contributed by atoms with Gasteiger partial charge < -0.3 is 0 Å². The molecule has 0 atom stereocenters. The van der Waals surface area contributed by atoms with Crippen molar-refractivity contribution in [3.63, 3.8) is 0 Å². The van der Waals surface area contributed by atoms with Gasteiger partial charge in [0.15, 0.2) is 0 Å². The van der Waals surface area contributed by atoms with E-state index in [1.165, 1.54) is 0 Å². The van der Waals surface area contributed by atoms with E-state index < -0.39 is 0 Å². The Hall–Kier alpha value is -0.414. The molecule has 0 aliphatic rings. The van der Waals surface area contributed by atoms with Gasteiger partial charge in [-0.05, 0) is 0 Å². The van der Waals surface area contributed by atoms with E-state index in [0.717, 1.165) is 0 Å². The molecule has 0 aromatic carbocycles. The van der Waals surface area contributed by atoms with Crippen molar-refractivity contribution in [1.29, 1.82) is 0 Å². The third kappa shape index (κ3) is 2.30. The average Bonchev–Trinajstić information content (AvgIpc) is 1.72. The van der Waals surface area contributed by atoms with Gasteiger partial charge in [-0.3, -0.25) is 9.97 Å². The van der Waals surface area contributed by atoms with Gasteiger partial charge in [-0.15, -0.1) is 0 Å². The molecule has 0 saturated heterocycles. The van der Waals surface area contributed by atoms with Crippen LogP contribution >= 0.6 is 0 Å². The second-order valence-corrected chi connectivity index (χ2v) is 0.894. The Morgan fingerprint density at radius 3 is 1.14 bits per heavy atom. The summed E-state index contributed by atoms with van der Waals surface area (Å²) >= 11 is 0. The van der Waals surface area contributed by atoms with Gasteiger partial charge in [-0.2, -0.15) is 0 Å². The monoisotopic (exact) mass is 139 g/mol. The van der Waals surface area contributed by atoms with Crippen LogP contribution in [-0.4, -0.2) is 9.97 Å². The fourth-order valence-corrected chi connectivity index (χ4v) is 0.253. The molecular formula is C4H4CoN2. The summed E-state index contributed by atoms with van der Waals surface area (Å²) in [6, 6.07) is 0. The molecule has 3 heteroatoms. The minimum absolute atomic E-state index is 0. The molecule has 1 radical (unpaired) electrons. The number of rotatable bonds is 0. The quantitative estimate of drug-likeness (QED) is 0.522. The van der Waals surface area contributed by atoms with E-state index in [4.69, 9.17) is 0 Å². The van der Waals surface area contributed by atoms with Gasteiger partial charge in [0, 0.05) is 41.6 Å². The second-order valence-electron chi connectivity index (χ2n) is 0.894. The molecule has 7 heavy (non-hydrogen) atoms. The summed E-state index contributed by atoms with van der Waals surface area (Å²) in [6.45, 7) is 0. The van der Waals surface area contributed by atoms with Crippen LogP contribution in [0.15, 0.2) is 24.8 Å². The number of hydrogen-bond donors (Lipinski definition) is 0. The van der Waals surface area contributed by atoms with Gasteiger partial charge in [0.2, 0.25) is 0 Å². The maximum atomic E-state index is 3.72. The topological polar surface area (TPSA) is 25.8 Å². The fraction of sp³-hybridized carbons (Fsp3) is 0. The number of aromatic nitrogens is 2. The average molecular weight is 139 g/mol. The van der Waals surface area contributed by atoms with Crippen LogP contribution < -0.4 is 0 Å². The Balaban J connectivity index is 0.000000360. The van der Waals surface area contributed by atoms with E-state index in [1.54, 1.807) is 24.8 Å². The molecule has 0 amide bonds. The van der Waals surface area contributed by atoms with Crippen LogP contribution in [0.4, 0.5) is 0 Å². The van der Waals surface area contributed by atoms with Crippen molar-refractivity contribution >= 4 is 0 Å².